The number of ketones is 2. The highest BCUT2D eigenvalue weighted by molar-refractivity contribution is 6.26. The third-order valence-corrected chi connectivity index (χ3v) is 6.02. The molecular formula is C24H18O3. The lowest BCUT2D eigenvalue weighted by Crippen LogP contribution is -2.19. The topological polar surface area (TPSA) is 54.4 Å². The number of carbonyl (C=O) groups excluding carboxylic acids is 2. The van der Waals surface area contributed by atoms with Crippen LogP contribution in [0.15, 0.2) is 48.6 Å². The molecule has 2 aliphatic carbocycles. The molecule has 3 nitrogen and oxygen atoms in total. The zero-order valence-electron chi connectivity index (χ0n) is 15.4. The molecule has 0 aliphatic heterocycles. The van der Waals surface area contributed by atoms with E-state index in [1.165, 1.54) is 12.2 Å². The number of fused-ring (bicyclic) bond motifs is 7. The molecule has 0 saturated heterocycles. The maximum atomic E-state index is 12.9. The minimum atomic E-state index is -0.379. The molecule has 0 radical (unpaired) electrons. The van der Waals surface area contributed by atoms with E-state index in [4.69, 9.17) is 0 Å². The quantitative estimate of drug-likeness (QED) is 0.611. The first-order chi connectivity index (χ1) is 12.8. The lowest BCUT2D eigenvalue weighted by molar-refractivity contribution is 0.0994. The van der Waals surface area contributed by atoms with Gasteiger partial charge >= 0.3 is 0 Å². The van der Waals surface area contributed by atoms with E-state index in [0.29, 0.717) is 11.1 Å². The number of carbonyl (C=O) groups is 2. The van der Waals surface area contributed by atoms with Crippen LogP contribution in [0.1, 0.15) is 51.3 Å². The average Bonchev–Trinajstić information content (AvgIpc) is 2.86. The van der Waals surface area contributed by atoms with Gasteiger partial charge in [0.05, 0.1) is 0 Å². The van der Waals surface area contributed by atoms with E-state index < -0.39 is 0 Å². The summed E-state index contributed by atoms with van der Waals surface area (Å²) in [6, 6.07) is 11.5. The number of hydrogen-bond donors (Lipinski definition) is 1. The number of benzene rings is 3. The molecule has 0 amide bonds. The molecule has 132 valence electrons. The van der Waals surface area contributed by atoms with E-state index in [9.17, 15) is 14.7 Å². The second-order valence-corrected chi connectivity index (χ2v) is 7.92. The fourth-order valence-electron chi connectivity index (χ4n) is 4.72. The zero-order chi connectivity index (χ0) is 19.1. The van der Waals surface area contributed by atoms with Crippen molar-refractivity contribution in [2.75, 3.05) is 0 Å². The van der Waals surface area contributed by atoms with Crippen molar-refractivity contribution >= 4 is 22.3 Å². The van der Waals surface area contributed by atoms with E-state index in [1.807, 2.05) is 43.3 Å². The van der Waals surface area contributed by atoms with E-state index >= 15 is 0 Å². The normalized spacial score (nSPS) is 16.4. The van der Waals surface area contributed by atoms with Crippen LogP contribution in [-0.2, 0) is 5.41 Å². The molecule has 0 bridgehead atoms. The monoisotopic (exact) mass is 354 g/mol. The first kappa shape index (κ1) is 16.0. The molecule has 27 heavy (non-hydrogen) atoms. The van der Waals surface area contributed by atoms with Crippen molar-refractivity contribution in [2.45, 2.75) is 26.2 Å². The van der Waals surface area contributed by atoms with Gasteiger partial charge in [0.1, 0.15) is 5.75 Å². The maximum absolute atomic E-state index is 12.9. The molecule has 3 aromatic carbocycles. The molecule has 0 atom stereocenters. The van der Waals surface area contributed by atoms with Crippen molar-refractivity contribution in [1.29, 1.82) is 0 Å². The van der Waals surface area contributed by atoms with Gasteiger partial charge in [-0.2, -0.15) is 0 Å². The Balaban J connectivity index is 2.05. The fourth-order valence-corrected chi connectivity index (χ4v) is 4.72. The van der Waals surface area contributed by atoms with Crippen LogP contribution >= 0.6 is 0 Å². The highest BCUT2D eigenvalue weighted by atomic mass is 16.3. The summed E-state index contributed by atoms with van der Waals surface area (Å²) in [5, 5.41) is 12.3. The van der Waals surface area contributed by atoms with E-state index in [1.54, 1.807) is 0 Å². The molecular weight excluding hydrogens is 336 g/mol. The van der Waals surface area contributed by atoms with Gasteiger partial charge in [0, 0.05) is 21.9 Å². The summed E-state index contributed by atoms with van der Waals surface area (Å²) in [4.78, 5) is 25.4. The lowest BCUT2D eigenvalue weighted by Gasteiger charge is -2.24. The van der Waals surface area contributed by atoms with Gasteiger partial charge < -0.3 is 5.11 Å². The second-order valence-electron chi connectivity index (χ2n) is 7.92. The third kappa shape index (κ3) is 1.86. The third-order valence-electron chi connectivity index (χ3n) is 6.02. The molecule has 0 saturated carbocycles. The highest BCUT2D eigenvalue weighted by Crippen LogP contribution is 2.55. The number of aromatic hydroxyl groups is 1. The van der Waals surface area contributed by atoms with Gasteiger partial charge in [0.2, 0.25) is 0 Å². The van der Waals surface area contributed by atoms with Gasteiger partial charge in [-0.15, -0.1) is 0 Å². The van der Waals surface area contributed by atoms with Crippen LogP contribution in [0.5, 0.6) is 5.75 Å². The smallest absolute Gasteiger partial charge is 0.187 e. The summed E-state index contributed by atoms with van der Waals surface area (Å²) in [5.41, 5.74) is 5.25. The minimum absolute atomic E-state index is 0.126. The summed E-state index contributed by atoms with van der Waals surface area (Å²) in [7, 11) is 0. The first-order valence-corrected chi connectivity index (χ1v) is 9.02. The van der Waals surface area contributed by atoms with Crippen molar-refractivity contribution < 1.29 is 14.7 Å². The maximum Gasteiger partial charge on any atom is 0.187 e. The number of phenolic OH excluding ortho intramolecular Hbond substituents is 1. The minimum Gasteiger partial charge on any atom is -0.507 e. The standard InChI is InChI=1S/C24H18O3/c1-12-10-15-22(23-18(26)9-8-17(25)20(12)23)21-14-7-5-4-6-13(14)19(27)11-16(21)24(15,2)3/h4-11,27H,1-3H3. The Kier molecular flexibility index (Phi) is 2.93. The first-order valence-electron chi connectivity index (χ1n) is 9.02. The van der Waals surface area contributed by atoms with Crippen molar-refractivity contribution in [3.8, 4) is 16.9 Å². The van der Waals surface area contributed by atoms with Crippen LogP contribution < -0.4 is 0 Å². The molecule has 3 heteroatoms. The number of allylic oxidation sites excluding steroid dienone is 2. The van der Waals surface area contributed by atoms with Crippen LogP contribution in [0.2, 0.25) is 0 Å². The van der Waals surface area contributed by atoms with Crippen LogP contribution in [0.4, 0.5) is 0 Å². The average molecular weight is 354 g/mol. The molecule has 2 aliphatic rings. The molecule has 0 fully saturated rings. The Hall–Kier alpha value is -3.20. The summed E-state index contributed by atoms with van der Waals surface area (Å²) in [5.74, 6) is -0.0253. The second kappa shape index (κ2) is 4.95. The molecule has 0 unspecified atom stereocenters. The zero-order valence-corrected chi connectivity index (χ0v) is 15.4. The number of aryl methyl sites for hydroxylation is 1. The van der Waals surface area contributed by atoms with Gasteiger partial charge in [0.25, 0.3) is 0 Å². The predicted octanol–water partition coefficient (Wildman–Crippen LogP) is 5.10. The SMILES string of the molecule is Cc1cc2c(c3c1C(=O)C=CC3=O)-c1c(cc(O)c3ccccc13)C2(C)C. The van der Waals surface area contributed by atoms with Crippen molar-refractivity contribution in [3.05, 3.63) is 76.4 Å². The Morgan fingerprint density at radius 2 is 1.37 bits per heavy atom. The van der Waals surface area contributed by atoms with Gasteiger partial charge in [-0.05, 0) is 58.3 Å². The van der Waals surface area contributed by atoms with Gasteiger partial charge in [-0.3, -0.25) is 9.59 Å². The van der Waals surface area contributed by atoms with E-state index in [2.05, 4.69) is 13.8 Å². The fraction of sp³-hybridized carbons (Fsp3) is 0.167. The Labute approximate surface area is 157 Å². The van der Waals surface area contributed by atoms with Gasteiger partial charge in [-0.25, -0.2) is 0 Å². The molecule has 0 aromatic heterocycles. The molecule has 1 N–H and O–H groups in total. The van der Waals surface area contributed by atoms with Crippen molar-refractivity contribution in [2.24, 2.45) is 0 Å². The van der Waals surface area contributed by atoms with Gasteiger partial charge in [-0.1, -0.05) is 44.2 Å². The predicted molar refractivity (Wildman–Crippen MR) is 106 cm³/mol. The van der Waals surface area contributed by atoms with Crippen LogP contribution in [0, 0.1) is 6.92 Å². The summed E-state index contributed by atoms with van der Waals surface area (Å²) in [6.07, 6.45) is 2.73. The van der Waals surface area contributed by atoms with E-state index in [0.717, 1.165) is 38.6 Å². The van der Waals surface area contributed by atoms with E-state index in [-0.39, 0.29) is 22.7 Å². The molecule has 0 heterocycles. The number of rotatable bonds is 0. The Morgan fingerprint density at radius 1 is 0.778 bits per heavy atom. The Morgan fingerprint density at radius 3 is 2.07 bits per heavy atom. The largest absolute Gasteiger partial charge is 0.507 e. The number of hydrogen-bond acceptors (Lipinski definition) is 3. The molecule has 5 rings (SSSR count). The number of phenols is 1. The highest BCUT2D eigenvalue weighted by Gasteiger charge is 2.41. The van der Waals surface area contributed by atoms with Crippen LogP contribution in [-0.4, -0.2) is 16.7 Å². The summed E-state index contributed by atoms with van der Waals surface area (Å²) < 4.78 is 0. The van der Waals surface area contributed by atoms with Gasteiger partial charge in [0.15, 0.2) is 11.6 Å². The van der Waals surface area contributed by atoms with Crippen LogP contribution in [0.25, 0.3) is 21.9 Å². The van der Waals surface area contributed by atoms with Crippen molar-refractivity contribution in [3.63, 3.8) is 0 Å². The summed E-state index contributed by atoms with van der Waals surface area (Å²) in [6.45, 7) is 6.09. The lowest BCUT2D eigenvalue weighted by atomic mass is 9.79. The Bertz CT molecular complexity index is 1240. The van der Waals surface area contributed by atoms with Crippen LogP contribution in [0.3, 0.4) is 0 Å². The molecule has 0 spiro atoms. The van der Waals surface area contributed by atoms with Crippen molar-refractivity contribution in [1.82, 2.24) is 0 Å². The summed E-state index contributed by atoms with van der Waals surface area (Å²) >= 11 is 0. The molecule has 3 aromatic rings.